The zero-order chi connectivity index (χ0) is 14.5. The summed E-state index contributed by atoms with van der Waals surface area (Å²) in [5.41, 5.74) is 0. The van der Waals surface area contributed by atoms with E-state index in [-0.39, 0.29) is 5.24 Å². The lowest BCUT2D eigenvalue weighted by Gasteiger charge is -2.25. The Labute approximate surface area is 131 Å². The van der Waals surface area contributed by atoms with Gasteiger partial charge in [-0.1, -0.05) is 0 Å². The molecule has 21 heavy (non-hydrogen) atoms. The fraction of sp³-hybridized carbons (Fsp3) is 0.750. The zero-order valence-corrected chi connectivity index (χ0v) is 13.2. The van der Waals surface area contributed by atoms with Crippen molar-refractivity contribution in [2.24, 2.45) is 5.92 Å². The van der Waals surface area contributed by atoms with Crippen LogP contribution < -0.4 is 4.74 Å². The predicted octanol–water partition coefficient (Wildman–Crippen LogP) is 1.50. The lowest BCUT2D eigenvalue weighted by Crippen LogP contribution is -2.38. The summed E-state index contributed by atoms with van der Waals surface area (Å²) in [5, 5.41) is 0.931. The van der Waals surface area contributed by atoms with E-state index in [1.807, 2.05) is 0 Å². The quantitative estimate of drug-likeness (QED) is 0.774. The summed E-state index contributed by atoms with van der Waals surface area (Å²) in [4.78, 5) is 18.0. The average molecular weight is 331 g/mol. The maximum atomic E-state index is 12.0. The topological polar surface area (TPSA) is 73.8 Å². The lowest BCUT2D eigenvalue weighted by molar-refractivity contribution is 0.0593. The molecule has 2 fully saturated rings. The molecule has 0 aliphatic carbocycles. The summed E-state index contributed by atoms with van der Waals surface area (Å²) in [6.07, 6.45) is 1.02. The van der Waals surface area contributed by atoms with Crippen molar-refractivity contribution in [2.45, 2.75) is 11.6 Å². The third kappa shape index (κ3) is 4.29. The fourth-order valence-corrected chi connectivity index (χ4v) is 3.45. The van der Waals surface area contributed by atoms with Gasteiger partial charge in [0.25, 0.3) is 10.4 Å². The van der Waals surface area contributed by atoms with Crippen LogP contribution in [0.4, 0.5) is 4.79 Å². The molecule has 116 valence electrons. The summed E-state index contributed by atoms with van der Waals surface area (Å²) >= 11 is 2.23. The van der Waals surface area contributed by atoms with E-state index < -0.39 is 0 Å². The van der Waals surface area contributed by atoms with Gasteiger partial charge in [-0.2, -0.15) is 9.36 Å². The smallest absolute Gasteiger partial charge is 0.293 e. The van der Waals surface area contributed by atoms with Crippen LogP contribution in [0.25, 0.3) is 0 Å². The first-order valence-corrected chi connectivity index (χ1v) is 8.49. The van der Waals surface area contributed by atoms with Crippen molar-refractivity contribution in [2.75, 3.05) is 46.1 Å². The highest BCUT2D eigenvalue weighted by Crippen LogP contribution is 2.25. The number of amides is 1. The van der Waals surface area contributed by atoms with Crippen molar-refractivity contribution in [3.63, 3.8) is 0 Å². The van der Waals surface area contributed by atoms with E-state index in [4.69, 9.17) is 14.2 Å². The molecule has 1 aromatic rings. The molecular weight excluding hydrogens is 314 g/mol. The van der Waals surface area contributed by atoms with Crippen LogP contribution in [0.3, 0.4) is 0 Å². The molecule has 0 N–H and O–H groups in total. The Balaban J connectivity index is 1.46. The maximum Gasteiger partial charge on any atom is 0.293 e. The van der Waals surface area contributed by atoms with Gasteiger partial charge in [0.2, 0.25) is 5.16 Å². The number of aromatic nitrogens is 2. The highest BCUT2D eigenvalue weighted by atomic mass is 32.2. The van der Waals surface area contributed by atoms with E-state index in [2.05, 4.69) is 9.36 Å². The van der Waals surface area contributed by atoms with E-state index in [9.17, 15) is 4.79 Å². The Morgan fingerprint density at radius 1 is 1.38 bits per heavy atom. The molecule has 9 heteroatoms. The SMILES string of the molecule is O=C(Sc1nsc(OCC2CCOC2)n1)N1CCOCC1. The first-order valence-electron chi connectivity index (χ1n) is 6.90. The van der Waals surface area contributed by atoms with Crippen LogP contribution in [0.1, 0.15) is 6.42 Å². The van der Waals surface area contributed by atoms with Crippen molar-refractivity contribution in [1.29, 1.82) is 0 Å². The number of nitrogens with zero attached hydrogens (tertiary/aromatic N) is 3. The minimum atomic E-state index is -0.0353. The van der Waals surface area contributed by atoms with E-state index in [1.165, 1.54) is 11.5 Å². The molecule has 0 aromatic carbocycles. The normalized spacial score (nSPS) is 22.5. The number of rotatable bonds is 4. The molecule has 7 nitrogen and oxygen atoms in total. The van der Waals surface area contributed by atoms with Gasteiger partial charge in [-0.05, 0) is 6.42 Å². The van der Waals surface area contributed by atoms with Crippen LogP contribution in [0, 0.1) is 5.92 Å². The maximum absolute atomic E-state index is 12.0. The number of morpholine rings is 1. The second-order valence-corrected chi connectivity index (χ2v) is 6.48. The molecule has 1 amide bonds. The Morgan fingerprint density at radius 2 is 2.24 bits per heavy atom. The Kier molecular flexibility index (Phi) is 5.28. The van der Waals surface area contributed by atoms with Crippen LogP contribution in [0.5, 0.6) is 5.19 Å². The van der Waals surface area contributed by atoms with Crippen LogP contribution in [0.2, 0.25) is 0 Å². The van der Waals surface area contributed by atoms with Crippen molar-refractivity contribution < 1.29 is 19.0 Å². The molecule has 2 aliphatic rings. The third-order valence-electron chi connectivity index (χ3n) is 3.30. The van der Waals surface area contributed by atoms with E-state index in [0.717, 1.165) is 31.4 Å². The molecule has 0 radical (unpaired) electrons. The minimum absolute atomic E-state index is 0.0353. The van der Waals surface area contributed by atoms with Crippen LogP contribution in [-0.4, -0.2) is 65.6 Å². The van der Waals surface area contributed by atoms with Crippen molar-refractivity contribution in [1.82, 2.24) is 14.3 Å². The van der Waals surface area contributed by atoms with Gasteiger partial charge in [0.1, 0.15) is 0 Å². The number of hydrogen-bond acceptors (Lipinski definition) is 8. The van der Waals surface area contributed by atoms with Crippen LogP contribution in [0.15, 0.2) is 5.16 Å². The predicted molar refractivity (Wildman–Crippen MR) is 78.0 cm³/mol. The van der Waals surface area contributed by atoms with Gasteiger partial charge in [-0.3, -0.25) is 4.79 Å². The Morgan fingerprint density at radius 3 is 3.00 bits per heavy atom. The number of hydrogen-bond donors (Lipinski definition) is 0. The summed E-state index contributed by atoms with van der Waals surface area (Å²) in [6, 6.07) is 0. The van der Waals surface area contributed by atoms with Crippen molar-refractivity contribution in [3.8, 4) is 5.19 Å². The highest BCUT2D eigenvalue weighted by Gasteiger charge is 2.21. The Bertz CT molecular complexity index is 473. The molecule has 1 unspecified atom stereocenters. The molecule has 3 rings (SSSR count). The summed E-state index contributed by atoms with van der Waals surface area (Å²) in [6.45, 7) is 4.58. The average Bonchev–Trinajstić information content (AvgIpc) is 3.17. The molecule has 2 aliphatic heterocycles. The lowest BCUT2D eigenvalue weighted by atomic mass is 10.1. The standard InChI is InChI=1S/C12H17N3O4S2/c16-12(15-2-5-17-6-3-15)20-10-13-11(21-14-10)19-8-9-1-4-18-7-9/h9H,1-8H2. The van der Waals surface area contributed by atoms with Gasteiger partial charge in [0.15, 0.2) is 0 Å². The summed E-state index contributed by atoms with van der Waals surface area (Å²) < 4.78 is 20.3. The molecule has 2 saturated heterocycles. The number of carbonyl (C=O) groups is 1. The molecular formula is C12H17N3O4S2. The second-order valence-electron chi connectivity index (χ2n) is 4.85. The molecule has 0 bridgehead atoms. The van der Waals surface area contributed by atoms with E-state index >= 15 is 0 Å². The molecule has 1 atom stereocenters. The van der Waals surface area contributed by atoms with Gasteiger partial charge in [0, 0.05) is 48.9 Å². The van der Waals surface area contributed by atoms with Gasteiger partial charge in [-0.25, -0.2) is 0 Å². The fourth-order valence-electron chi connectivity index (χ4n) is 2.09. The monoisotopic (exact) mass is 331 g/mol. The second kappa shape index (κ2) is 7.39. The largest absolute Gasteiger partial charge is 0.469 e. The molecule has 0 spiro atoms. The minimum Gasteiger partial charge on any atom is -0.469 e. The van der Waals surface area contributed by atoms with Crippen LogP contribution in [-0.2, 0) is 9.47 Å². The summed E-state index contributed by atoms with van der Waals surface area (Å²) in [7, 11) is 0. The van der Waals surface area contributed by atoms with E-state index in [1.54, 1.807) is 4.90 Å². The zero-order valence-electron chi connectivity index (χ0n) is 11.5. The Hall–Kier alpha value is -0.900. The first-order chi connectivity index (χ1) is 10.3. The molecule has 1 aromatic heterocycles. The molecule has 0 saturated carbocycles. The number of ether oxygens (including phenoxy) is 3. The summed E-state index contributed by atoms with van der Waals surface area (Å²) in [5.74, 6) is 0.431. The first kappa shape index (κ1) is 15.0. The third-order valence-corrected chi connectivity index (χ3v) is 4.85. The van der Waals surface area contributed by atoms with Crippen molar-refractivity contribution >= 4 is 28.5 Å². The number of thioether (sulfide) groups is 1. The van der Waals surface area contributed by atoms with Gasteiger partial charge >= 0.3 is 0 Å². The van der Waals surface area contributed by atoms with Gasteiger partial charge in [-0.15, -0.1) is 0 Å². The van der Waals surface area contributed by atoms with Gasteiger partial charge in [0.05, 0.1) is 26.4 Å². The molecule has 3 heterocycles. The van der Waals surface area contributed by atoms with Gasteiger partial charge < -0.3 is 19.1 Å². The highest BCUT2D eigenvalue weighted by molar-refractivity contribution is 8.13. The number of carbonyl (C=O) groups excluding carboxylic acids is 1. The van der Waals surface area contributed by atoms with Crippen LogP contribution >= 0.6 is 23.3 Å². The van der Waals surface area contributed by atoms with Crippen molar-refractivity contribution in [3.05, 3.63) is 0 Å². The van der Waals surface area contributed by atoms with E-state index in [0.29, 0.717) is 49.2 Å².